The second-order valence-electron chi connectivity index (χ2n) is 9.28. The lowest BCUT2D eigenvalue weighted by Gasteiger charge is -2.24. The molecule has 2 aromatic carbocycles. The Bertz CT molecular complexity index is 997. The summed E-state index contributed by atoms with van der Waals surface area (Å²) in [6.45, 7) is 4.19. The number of rotatable bonds is 7. The second kappa shape index (κ2) is 9.06. The van der Waals surface area contributed by atoms with Gasteiger partial charge in [-0.2, -0.15) is 0 Å². The van der Waals surface area contributed by atoms with Crippen LogP contribution in [0.25, 0.3) is 0 Å². The van der Waals surface area contributed by atoms with E-state index in [0.29, 0.717) is 35.9 Å². The molecular formula is C25H31F2N3O2. The maximum Gasteiger partial charge on any atom is 0.258 e. The maximum absolute atomic E-state index is 14.9. The van der Waals surface area contributed by atoms with Crippen molar-refractivity contribution in [2.75, 3.05) is 50.6 Å². The van der Waals surface area contributed by atoms with Crippen molar-refractivity contribution in [3.63, 3.8) is 0 Å². The number of hydrogen-bond donors (Lipinski definition) is 0. The molecular weight excluding hydrogens is 412 g/mol. The number of benzene rings is 2. The molecule has 1 heterocycles. The zero-order chi connectivity index (χ0) is 23.0. The van der Waals surface area contributed by atoms with Gasteiger partial charge in [0.15, 0.2) is 11.6 Å². The van der Waals surface area contributed by atoms with Gasteiger partial charge in [0, 0.05) is 37.4 Å². The molecule has 0 spiro atoms. The first-order chi connectivity index (χ1) is 15.2. The Morgan fingerprint density at radius 3 is 2.47 bits per heavy atom. The second-order valence-corrected chi connectivity index (χ2v) is 9.28. The zero-order valence-electron chi connectivity index (χ0n) is 19.1. The number of amides is 1. The molecule has 3 unspecified atom stereocenters. The zero-order valence-corrected chi connectivity index (χ0v) is 19.1. The summed E-state index contributed by atoms with van der Waals surface area (Å²) in [5.74, 6) is -0.0878. The molecule has 32 heavy (non-hydrogen) atoms. The third-order valence-electron chi connectivity index (χ3n) is 6.77. The van der Waals surface area contributed by atoms with Crippen LogP contribution in [0.4, 0.5) is 20.2 Å². The van der Waals surface area contributed by atoms with Crippen LogP contribution < -0.4 is 14.5 Å². The summed E-state index contributed by atoms with van der Waals surface area (Å²) in [6.07, 6.45) is 2.09. The molecule has 3 atom stereocenters. The number of likely N-dealkylation sites (N-methyl/N-ethyl adjacent to an activating group) is 1. The third kappa shape index (κ3) is 4.72. The number of anilines is 2. The number of nitrogens with zero attached hydrogens (tertiary/aromatic N) is 3. The minimum absolute atomic E-state index is 0.153. The van der Waals surface area contributed by atoms with Crippen molar-refractivity contribution in [2.24, 2.45) is 11.8 Å². The molecule has 0 N–H and O–H groups in total. The van der Waals surface area contributed by atoms with Gasteiger partial charge in [-0.15, -0.1) is 0 Å². The van der Waals surface area contributed by atoms with Crippen molar-refractivity contribution in [3.8, 4) is 5.75 Å². The van der Waals surface area contributed by atoms with Crippen molar-refractivity contribution in [3.05, 3.63) is 53.6 Å². The van der Waals surface area contributed by atoms with Crippen LogP contribution in [0, 0.1) is 23.5 Å². The highest BCUT2D eigenvalue weighted by Crippen LogP contribution is 2.38. The van der Waals surface area contributed by atoms with E-state index in [4.69, 9.17) is 4.74 Å². The van der Waals surface area contributed by atoms with Crippen molar-refractivity contribution in [1.29, 1.82) is 0 Å². The number of carbonyl (C=O) groups excluding carboxylic acids is 1. The van der Waals surface area contributed by atoms with Gasteiger partial charge >= 0.3 is 0 Å². The van der Waals surface area contributed by atoms with Gasteiger partial charge < -0.3 is 19.4 Å². The number of halogens is 2. The van der Waals surface area contributed by atoms with Crippen LogP contribution in [-0.2, 0) is 0 Å². The fourth-order valence-electron chi connectivity index (χ4n) is 4.23. The highest BCUT2D eigenvalue weighted by Gasteiger charge is 2.33. The fourth-order valence-corrected chi connectivity index (χ4v) is 4.23. The summed E-state index contributed by atoms with van der Waals surface area (Å²) < 4.78 is 34.9. The van der Waals surface area contributed by atoms with Gasteiger partial charge in [0.1, 0.15) is 5.82 Å². The maximum atomic E-state index is 14.9. The first kappa shape index (κ1) is 22.5. The summed E-state index contributed by atoms with van der Waals surface area (Å²) in [5.41, 5.74) is 1.15. The predicted octanol–water partition coefficient (Wildman–Crippen LogP) is 4.42. The lowest BCUT2D eigenvalue weighted by Crippen LogP contribution is -2.31. The molecule has 2 fully saturated rings. The molecule has 2 aliphatic rings. The number of ether oxygens (including phenoxy) is 1. The van der Waals surface area contributed by atoms with E-state index >= 15 is 0 Å². The molecule has 172 valence electrons. The SMILES string of the molecule is CC1CC1COc1ccc(C(=O)N(C)c2ccc(N3CCC(N(C)C)C3)c(F)c2)cc1F. The highest BCUT2D eigenvalue weighted by atomic mass is 19.1. The van der Waals surface area contributed by atoms with Gasteiger partial charge in [-0.25, -0.2) is 8.78 Å². The average Bonchev–Trinajstić information content (AvgIpc) is 3.25. The Morgan fingerprint density at radius 2 is 1.88 bits per heavy atom. The summed E-state index contributed by atoms with van der Waals surface area (Å²) in [5, 5.41) is 0. The predicted molar refractivity (Wildman–Crippen MR) is 123 cm³/mol. The van der Waals surface area contributed by atoms with Crippen LogP contribution in [-0.4, -0.2) is 57.7 Å². The molecule has 0 bridgehead atoms. The van der Waals surface area contributed by atoms with Crippen LogP contribution in [0.2, 0.25) is 0 Å². The first-order valence-corrected chi connectivity index (χ1v) is 11.2. The smallest absolute Gasteiger partial charge is 0.258 e. The van der Waals surface area contributed by atoms with Gasteiger partial charge in [0.2, 0.25) is 0 Å². The molecule has 1 amide bonds. The standard InChI is InChI=1S/C25H31F2N3O2/c1-16-11-18(16)15-32-24-8-5-17(12-22(24)27)25(31)29(4)19-6-7-23(21(26)13-19)30-10-9-20(14-30)28(2)3/h5-8,12-13,16,18,20H,9-11,14-15H2,1-4H3. The summed E-state index contributed by atoms with van der Waals surface area (Å²) in [7, 11) is 5.62. The van der Waals surface area contributed by atoms with E-state index < -0.39 is 11.7 Å². The van der Waals surface area contributed by atoms with Gasteiger partial charge in [0.25, 0.3) is 5.91 Å². The molecule has 2 aromatic rings. The Balaban J connectivity index is 1.43. The van der Waals surface area contributed by atoms with Gasteiger partial charge in [-0.1, -0.05) is 6.92 Å². The van der Waals surface area contributed by atoms with Crippen molar-refractivity contribution >= 4 is 17.3 Å². The molecule has 1 saturated heterocycles. The first-order valence-electron chi connectivity index (χ1n) is 11.2. The molecule has 5 nitrogen and oxygen atoms in total. The Labute approximate surface area is 188 Å². The fraction of sp³-hybridized carbons (Fsp3) is 0.480. The summed E-state index contributed by atoms with van der Waals surface area (Å²) in [6, 6.07) is 9.41. The van der Waals surface area contributed by atoms with E-state index in [0.717, 1.165) is 25.9 Å². The van der Waals surface area contributed by atoms with Crippen molar-refractivity contribution in [1.82, 2.24) is 4.90 Å². The van der Waals surface area contributed by atoms with Gasteiger partial charge in [-0.3, -0.25) is 4.79 Å². The molecule has 0 aromatic heterocycles. The lowest BCUT2D eigenvalue weighted by atomic mass is 10.1. The van der Waals surface area contributed by atoms with E-state index in [2.05, 4.69) is 11.8 Å². The monoisotopic (exact) mass is 443 g/mol. The molecule has 0 radical (unpaired) electrons. The van der Waals surface area contributed by atoms with Gasteiger partial charge in [0.05, 0.1) is 12.3 Å². The normalized spacial score (nSPS) is 22.3. The molecule has 1 aliphatic carbocycles. The van der Waals surface area contributed by atoms with E-state index in [1.54, 1.807) is 25.2 Å². The van der Waals surface area contributed by atoms with E-state index in [-0.39, 0.29) is 17.1 Å². The summed E-state index contributed by atoms with van der Waals surface area (Å²) >= 11 is 0. The van der Waals surface area contributed by atoms with Gasteiger partial charge in [-0.05, 0) is 75.2 Å². The molecule has 1 saturated carbocycles. The van der Waals surface area contributed by atoms with E-state index in [9.17, 15) is 13.6 Å². The van der Waals surface area contributed by atoms with Crippen LogP contribution in [0.15, 0.2) is 36.4 Å². The van der Waals surface area contributed by atoms with Crippen LogP contribution >= 0.6 is 0 Å². The minimum Gasteiger partial charge on any atom is -0.490 e. The topological polar surface area (TPSA) is 36.0 Å². The lowest BCUT2D eigenvalue weighted by molar-refractivity contribution is 0.0992. The Hall–Kier alpha value is -2.67. The van der Waals surface area contributed by atoms with E-state index in [1.165, 1.54) is 23.1 Å². The Kier molecular flexibility index (Phi) is 6.38. The average molecular weight is 444 g/mol. The number of hydrogen-bond acceptors (Lipinski definition) is 4. The molecule has 7 heteroatoms. The quantitative estimate of drug-likeness (QED) is 0.635. The largest absolute Gasteiger partial charge is 0.490 e. The van der Waals surface area contributed by atoms with E-state index in [1.807, 2.05) is 19.0 Å². The third-order valence-corrected chi connectivity index (χ3v) is 6.77. The van der Waals surface area contributed by atoms with Crippen LogP contribution in [0.3, 0.4) is 0 Å². The summed E-state index contributed by atoms with van der Waals surface area (Å²) in [4.78, 5) is 18.4. The molecule has 1 aliphatic heterocycles. The van der Waals surface area contributed by atoms with Crippen LogP contribution in [0.5, 0.6) is 5.75 Å². The highest BCUT2D eigenvalue weighted by molar-refractivity contribution is 6.05. The molecule has 4 rings (SSSR count). The van der Waals surface area contributed by atoms with Crippen molar-refractivity contribution < 1.29 is 18.3 Å². The minimum atomic E-state index is -0.566. The Morgan fingerprint density at radius 1 is 1.12 bits per heavy atom. The van der Waals surface area contributed by atoms with Crippen molar-refractivity contribution in [2.45, 2.75) is 25.8 Å². The van der Waals surface area contributed by atoms with Crippen LogP contribution in [0.1, 0.15) is 30.1 Å². The number of carbonyl (C=O) groups is 1.